The van der Waals surface area contributed by atoms with Crippen LogP contribution in [0.5, 0.6) is 0 Å². The number of hydrogen-bond donors (Lipinski definition) is 1. The Labute approximate surface area is 88.0 Å². The maximum absolute atomic E-state index is 5.98. The van der Waals surface area contributed by atoms with Crippen LogP contribution in [0.4, 0.5) is 5.82 Å². The lowest BCUT2D eigenvalue weighted by Gasteiger charge is -1.98. The molecule has 1 aromatic heterocycles. The number of fused-ring (bicyclic) bond motifs is 1. The van der Waals surface area contributed by atoms with Crippen molar-refractivity contribution in [1.82, 2.24) is 5.16 Å². The van der Waals surface area contributed by atoms with Crippen LogP contribution in [0.3, 0.4) is 0 Å². The molecular weight excluding hydrogens is 255 g/mol. The SMILES string of the molecule is Nc1noc2cc(CBr)c(Cl)cc12. The van der Waals surface area contributed by atoms with Gasteiger partial charge in [-0.1, -0.05) is 32.7 Å². The quantitative estimate of drug-likeness (QED) is 0.803. The highest BCUT2D eigenvalue weighted by Crippen LogP contribution is 2.28. The molecule has 0 atom stereocenters. The number of anilines is 1. The van der Waals surface area contributed by atoms with E-state index in [1.807, 2.05) is 6.07 Å². The lowest BCUT2D eigenvalue weighted by Crippen LogP contribution is -1.84. The van der Waals surface area contributed by atoms with Gasteiger partial charge < -0.3 is 10.3 Å². The van der Waals surface area contributed by atoms with E-state index in [4.69, 9.17) is 21.9 Å². The lowest BCUT2D eigenvalue weighted by atomic mass is 10.2. The Morgan fingerprint density at radius 3 is 3.00 bits per heavy atom. The Kier molecular flexibility index (Phi) is 2.17. The van der Waals surface area contributed by atoms with Crippen LogP contribution in [0.2, 0.25) is 5.02 Å². The topological polar surface area (TPSA) is 52.0 Å². The standard InChI is InChI=1S/C8H6BrClN2O/c9-3-4-1-7-5(2-6(4)10)8(11)12-13-7/h1-2H,3H2,(H2,11,12). The summed E-state index contributed by atoms with van der Waals surface area (Å²) in [5, 5.41) is 5.75. The van der Waals surface area contributed by atoms with E-state index < -0.39 is 0 Å². The molecule has 0 bridgehead atoms. The van der Waals surface area contributed by atoms with Crippen LogP contribution >= 0.6 is 27.5 Å². The van der Waals surface area contributed by atoms with Gasteiger partial charge in [-0.25, -0.2) is 0 Å². The van der Waals surface area contributed by atoms with E-state index in [9.17, 15) is 0 Å². The highest BCUT2D eigenvalue weighted by atomic mass is 79.9. The monoisotopic (exact) mass is 260 g/mol. The summed E-state index contributed by atoms with van der Waals surface area (Å²) in [4.78, 5) is 0. The highest BCUT2D eigenvalue weighted by Gasteiger charge is 2.08. The lowest BCUT2D eigenvalue weighted by molar-refractivity contribution is 0.460. The number of benzene rings is 1. The van der Waals surface area contributed by atoms with Crippen molar-refractivity contribution in [1.29, 1.82) is 0 Å². The van der Waals surface area contributed by atoms with Crippen molar-refractivity contribution in [2.45, 2.75) is 5.33 Å². The molecule has 3 nitrogen and oxygen atoms in total. The first kappa shape index (κ1) is 8.84. The molecule has 2 N–H and O–H groups in total. The number of nitrogens with zero attached hydrogens (tertiary/aromatic N) is 1. The van der Waals surface area contributed by atoms with Gasteiger partial charge in [-0.2, -0.15) is 0 Å². The van der Waals surface area contributed by atoms with Gasteiger partial charge in [-0.05, 0) is 17.7 Å². The number of nitrogens with two attached hydrogens (primary N) is 1. The first-order valence-electron chi connectivity index (χ1n) is 3.61. The Balaban J connectivity index is 2.76. The van der Waals surface area contributed by atoms with Gasteiger partial charge in [0.25, 0.3) is 0 Å². The molecule has 0 unspecified atom stereocenters. The smallest absolute Gasteiger partial charge is 0.174 e. The zero-order valence-corrected chi connectivity index (χ0v) is 8.89. The van der Waals surface area contributed by atoms with Crippen molar-refractivity contribution < 1.29 is 4.52 Å². The zero-order valence-electron chi connectivity index (χ0n) is 6.55. The van der Waals surface area contributed by atoms with E-state index in [-0.39, 0.29) is 0 Å². The summed E-state index contributed by atoms with van der Waals surface area (Å²) in [6, 6.07) is 3.59. The molecule has 0 fully saturated rings. The van der Waals surface area contributed by atoms with E-state index in [2.05, 4.69) is 21.1 Å². The average Bonchev–Trinajstić information content (AvgIpc) is 2.47. The molecule has 0 spiro atoms. The van der Waals surface area contributed by atoms with Crippen molar-refractivity contribution in [3.05, 3.63) is 22.7 Å². The van der Waals surface area contributed by atoms with E-state index in [1.54, 1.807) is 6.07 Å². The molecule has 2 rings (SSSR count). The molecule has 1 heterocycles. The van der Waals surface area contributed by atoms with Crippen molar-refractivity contribution >= 4 is 44.3 Å². The molecule has 2 aromatic rings. The summed E-state index contributed by atoms with van der Waals surface area (Å²) in [5.41, 5.74) is 7.19. The van der Waals surface area contributed by atoms with E-state index in [0.29, 0.717) is 21.8 Å². The third-order valence-corrected chi connectivity index (χ3v) is 2.77. The molecule has 13 heavy (non-hydrogen) atoms. The predicted molar refractivity (Wildman–Crippen MR) is 56.1 cm³/mol. The van der Waals surface area contributed by atoms with E-state index >= 15 is 0 Å². The van der Waals surface area contributed by atoms with E-state index in [1.165, 1.54) is 0 Å². The van der Waals surface area contributed by atoms with Crippen LogP contribution in [-0.2, 0) is 5.33 Å². The summed E-state index contributed by atoms with van der Waals surface area (Å²) in [7, 11) is 0. The number of aromatic nitrogens is 1. The maximum atomic E-state index is 5.98. The predicted octanol–water partition coefficient (Wildman–Crippen LogP) is 2.96. The Morgan fingerprint density at radius 2 is 2.31 bits per heavy atom. The minimum Gasteiger partial charge on any atom is -0.380 e. The minimum absolute atomic E-state index is 0.373. The third-order valence-electron chi connectivity index (χ3n) is 1.81. The van der Waals surface area contributed by atoms with Gasteiger partial charge in [0.2, 0.25) is 0 Å². The van der Waals surface area contributed by atoms with Crippen molar-refractivity contribution in [3.8, 4) is 0 Å². The Hall–Kier alpha value is -0.740. The molecule has 68 valence electrons. The number of halogens is 2. The van der Waals surface area contributed by atoms with Crippen LogP contribution < -0.4 is 5.73 Å². The fourth-order valence-corrected chi connectivity index (χ4v) is 1.98. The van der Waals surface area contributed by atoms with Gasteiger partial charge in [0, 0.05) is 10.4 Å². The summed E-state index contributed by atoms with van der Waals surface area (Å²) < 4.78 is 4.99. The molecule has 0 radical (unpaired) electrons. The van der Waals surface area contributed by atoms with Crippen LogP contribution in [0.1, 0.15) is 5.56 Å². The van der Waals surface area contributed by atoms with Crippen molar-refractivity contribution in [2.24, 2.45) is 0 Å². The summed E-state index contributed by atoms with van der Waals surface area (Å²) in [6.45, 7) is 0. The zero-order chi connectivity index (χ0) is 9.42. The fraction of sp³-hybridized carbons (Fsp3) is 0.125. The Bertz CT molecular complexity index is 455. The largest absolute Gasteiger partial charge is 0.380 e. The highest BCUT2D eigenvalue weighted by molar-refractivity contribution is 9.08. The molecule has 0 saturated carbocycles. The molecular formula is C8H6BrClN2O. The second-order valence-corrected chi connectivity index (χ2v) is 3.61. The first-order chi connectivity index (χ1) is 6.22. The van der Waals surface area contributed by atoms with Crippen LogP contribution in [0.25, 0.3) is 11.0 Å². The molecule has 0 aliphatic carbocycles. The van der Waals surface area contributed by atoms with Gasteiger partial charge in [0.05, 0.1) is 5.39 Å². The normalized spacial score (nSPS) is 10.9. The number of nitrogen functional groups attached to an aromatic ring is 1. The van der Waals surface area contributed by atoms with Crippen LogP contribution in [0, 0.1) is 0 Å². The summed E-state index contributed by atoms with van der Waals surface area (Å²) in [5.74, 6) is 0.373. The summed E-state index contributed by atoms with van der Waals surface area (Å²) >= 11 is 9.30. The second-order valence-electron chi connectivity index (χ2n) is 2.64. The number of rotatable bonds is 1. The van der Waals surface area contributed by atoms with Gasteiger partial charge in [-0.3, -0.25) is 0 Å². The second kappa shape index (κ2) is 3.20. The van der Waals surface area contributed by atoms with Crippen LogP contribution in [-0.4, -0.2) is 5.16 Å². The molecule has 5 heteroatoms. The first-order valence-corrected chi connectivity index (χ1v) is 5.11. The molecule has 0 amide bonds. The van der Waals surface area contributed by atoms with Gasteiger partial charge >= 0.3 is 0 Å². The van der Waals surface area contributed by atoms with Crippen molar-refractivity contribution in [2.75, 3.05) is 5.73 Å². The third kappa shape index (κ3) is 1.40. The number of alkyl halides is 1. The molecule has 0 saturated heterocycles. The van der Waals surface area contributed by atoms with Gasteiger partial charge in [0.15, 0.2) is 11.4 Å². The number of hydrogen-bond acceptors (Lipinski definition) is 3. The van der Waals surface area contributed by atoms with Crippen LogP contribution in [0.15, 0.2) is 16.7 Å². The summed E-state index contributed by atoms with van der Waals surface area (Å²) in [6.07, 6.45) is 0. The van der Waals surface area contributed by atoms with Crippen molar-refractivity contribution in [3.63, 3.8) is 0 Å². The average molecular weight is 262 g/mol. The minimum atomic E-state index is 0.373. The Morgan fingerprint density at radius 1 is 1.54 bits per heavy atom. The maximum Gasteiger partial charge on any atom is 0.174 e. The van der Waals surface area contributed by atoms with E-state index in [0.717, 1.165) is 10.9 Å². The molecule has 0 aliphatic rings. The fourth-order valence-electron chi connectivity index (χ4n) is 1.12. The van der Waals surface area contributed by atoms with Gasteiger partial charge in [0.1, 0.15) is 0 Å². The molecule has 0 aliphatic heterocycles. The molecule has 1 aromatic carbocycles. The van der Waals surface area contributed by atoms with Gasteiger partial charge in [-0.15, -0.1) is 0 Å².